The van der Waals surface area contributed by atoms with Gasteiger partial charge in [0.15, 0.2) is 6.04 Å². The Hall–Kier alpha value is -2.93. The van der Waals surface area contributed by atoms with E-state index >= 15 is 0 Å². The molecule has 3 aromatic rings. The fourth-order valence-corrected chi connectivity index (χ4v) is 4.20. The van der Waals surface area contributed by atoms with E-state index in [0.29, 0.717) is 0 Å². The Morgan fingerprint density at radius 1 is 0.967 bits per heavy atom. The minimum Gasteiger partial charge on any atom is -0.497 e. The smallest absolute Gasteiger partial charge is 0.214 e. The van der Waals surface area contributed by atoms with Gasteiger partial charge in [0.2, 0.25) is 5.82 Å². The second-order valence-corrected chi connectivity index (χ2v) is 8.81. The molecule has 30 heavy (non-hydrogen) atoms. The maximum atomic E-state index is 5.37. The molecule has 7 nitrogen and oxygen atoms in total. The third-order valence-corrected chi connectivity index (χ3v) is 5.77. The normalized spacial score (nSPS) is 16.5. The van der Waals surface area contributed by atoms with E-state index in [0.717, 1.165) is 37.8 Å². The summed E-state index contributed by atoms with van der Waals surface area (Å²) in [5, 5.41) is 12.9. The van der Waals surface area contributed by atoms with Gasteiger partial charge in [-0.1, -0.05) is 18.2 Å². The van der Waals surface area contributed by atoms with Crippen LogP contribution in [-0.4, -0.2) is 53.5 Å². The Bertz CT molecular complexity index is 940. The number of methoxy groups -OCH3 is 1. The van der Waals surface area contributed by atoms with Gasteiger partial charge in [0.1, 0.15) is 5.75 Å². The highest BCUT2D eigenvalue weighted by Gasteiger charge is 2.36. The number of hydrogen-bond donors (Lipinski definition) is 1. The minimum absolute atomic E-state index is 0.0723. The van der Waals surface area contributed by atoms with E-state index in [4.69, 9.17) is 4.74 Å². The van der Waals surface area contributed by atoms with E-state index in [1.807, 2.05) is 16.8 Å². The van der Waals surface area contributed by atoms with E-state index in [1.54, 1.807) is 7.11 Å². The van der Waals surface area contributed by atoms with Crippen molar-refractivity contribution in [3.63, 3.8) is 0 Å². The number of nitrogens with one attached hydrogen (secondary N) is 1. The van der Waals surface area contributed by atoms with Gasteiger partial charge >= 0.3 is 0 Å². The van der Waals surface area contributed by atoms with Gasteiger partial charge in [0.05, 0.1) is 38.8 Å². The van der Waals surface area contributed by atoms with Crippen LogP contribution < -0.4 is 14.5 Å². The van der Waals surface area contributed by atoms with E-state index in [9.17, 15) is 0 Å². The molecule has 2 aromatic carbocycles. The molecule has 0 saturated carbocycles. The lowest BCUT2D eigenvalue weighted by Gasteiger charge is -2.37. The second-order valence-electron chi connectivity index (χ2n) is 8.81. The largest absolute Gasteiger partial charge is 0.497 e. The van der Waals surface area contributed by atoms with Crippen molar-refractivity contribution in [2.75, 3.05) is 38.2 Å². The van der Waals surface area contributed by atoms with Crippen LogP contribution in [0.3, 0.4) is 0 Å². The topological polar surface area (TPSA) is 60.5 Å². The van der Waals surface area contributed by atoms with Crippen LogP contribution in [0.25, 0.3) is 0 Å². The standard InChI is InChI=1S/C23H30N6O/c1-23(2,3)29-22(24-25-26-29)21(18-10-12-20(30-4)13-11-18)28-16-14-27(15-17-28)19-8-6-5-7-9-19/h5-13,21H,14-17H2,1-4H3/p+1/t21-/m1/s1. The van der Waals surface area contributed by atoms with Crippen LogP contribution in [0, 0.1) is 0 Å². The molecule has 1 aliphatic rings. The van der Waals surface area contributed by atoms with E-state index in [2.05, 4.69) is 83.7 Å². The Morgan fingerprint density at radius 3 is 2.23 bits per heavy atom. The molecule has 1 fully saturated rings. The Labute approximate surface area is 178 Å². The van der Waals surface area contributed by atoms with Gasteiger partial charge in [-0.05, 0) is 67.6 Å². The van der Waals surface area contributed by atoms with Crippen molar-refractivity contribution >= 4 is 5.69 Å². The number of hydrogen-bond acceptors (Lipinski definition) is 5. The summed E-state index contributed by atoms with van der Waals surface area (Å²) in [6.45, 7) is 10.5. The van der Waals surface area contributed by atoms with E-state index < -0.39 is 0 Å². The van der Waals surface area contributed by atoms with Gasteiger partial charge < -0.3 is 14.5 Å². The summed E-state index contributed by atoms with van der Waals surface area (Å²) >= 11 is 0. The molecule has 158 valence electrons. The molecule has 4 rings (SSSR count). The molecule has 0 unspecified atom stereocenters. The van der Waals surface area contributed by atoms with Gasteiger partial charge in [0.25, 0.3) is 0 Å². The molecule has 0 bridgehead atoms. The summed E-state index contributed by atoms with van der Waals surface area (Å²) in [6.07, 6.45) is 0. The van der Waals surface area contributed by atoms with Gasteiger partial charge in [-0.2, -0.15) is 0 Å². The third kappa shape index (κ3) is 4.16. The molecule has 2 heterocycles. The molecule has 1 saturated heterocycles. The van der Waals surface area contributed by atoms with Crippen molar-refractivity contribution in [1.82, 2.24) is 20.2 Å². The maximum Gasteiger partial charge on any atom is 0.214 e. The molecule has 1 aromatic heterocycles. The molecule has 0 aliphatic carbocycles. The number of tetrazole rings is 1. The van der Waals surface area contributed by atoms with Crippen molar-refractivity contribution in [2.45, 2.75) is 32.4 Å². The fourth-order valence-electron chi connectivity index (χ4n) is 4.20. The third-order valence-electron chi connectivity index (χ3n) is 5.77. The number of quaternary nitrogens is 1. The van der Waals surface area contributed by atoms with Crippen LogP contribution in [-0.2, 0) is 5.54 Å². The number of nitrogens with zero attached hydrogens (tertiary/aromatic N) is 5. The molecule has 1 N–H and O–H groups in total. The van der Waals surface area contributed by atoms with Gasteiger partial charge in [-0.25, -0.2) is 4.68 Å². The van der Waals surface area contributed by atoms with Crippen molar-refractivity contribution in [3.8, 4) is 5.75 Å². The van der Waals surface area contributed by atoms with E-state index in [1.165, 1.54) is 16.2 Å². The number of ether oxygens (including phenoxy) is 1. The first-order valence-electron chi connectivity index (χ1n) is 10.5. The zero-order chi connectivity index (χ0) is 21.1. The average molecular weight is 408 g/mol. The molecule has 1 atom stereocenters. The summed E-state index contributed by atoms with van der Waals surface area (Å²) in [5.74, 6) is 1.77. The number of para-hydroxylation sites is 1. The highest BCUT2D eigenvalue weighted by atomic mass is 16.5. The summed E-state index contributed by atoms with van der Waals surface area (Å²) < 4.78 is 7.34. The van der Waals surface area contributed by atoms with Gasteiger partial charge in [-0.3, -0.25) is 0 Å². The summed E-state index contributed by atoms with van der Waals surface area (Å²) in [6, 6.07) is 19.0. The lowest BCUT2D eigenvalue weighted by molar-refractivity contribution is -0.927. The number of benzene rings is 2. The quantitative estimate of drug-likeness (QED) is 0.700. The van der Waals surface area contributed by atoms with Crippen molar-refractivity contribution in [2.24, 2.45) is 0 Å². The Kier molecular flexibility index (Phi) is 5.72. The van der Waals surface area contributed by atoms with Crippen LogP contribution in [0.2, 0.25) is 0 Å². The SMILES string of the molecule is COc1ccc([C@H](c2nnnn2C(C)(C)C)[NH+]2CCN(c3ccccc3)CC2)cc1. The number of anilines is 1. The summed E-state index contributed by atoms with van der Waals surface area (Å²) in [5.41, 5.74) is 2.31. The van der Waals surface area contributed by atoms with Crippen molar-refractivity contribution in [3.05, 3.63) is 66.0 Å². The highest BCUT2D eigenvalue weighted by molar-refractivity contribution is 5.46. The van der Waals surface area contributed by atoms with Crippen LogP contribution in [0.15, 0.2) is 54.6 Å². The van der Waals surface area contributed by atoms with Crippen molar-refractivity contribution < 1.29 is 9.64 Å². The number of piperazine rings is 1. The Morgan fingerprint density at radius 2 is 1.63 bits per heavy atom. The zero-order valence-corrected chi connectivity index (χ0v) is 18.2. The van der Waals surface area contributed by atoms with Crippen LogP contribution >= 0.6 is 0 Å². The molecular weight excluding hydrogens is 376 g/mol. The first-order valence-corrected chi connectivity index (χ1v) is 10.5. The summed E-state index contributed by atoms with van der Waals surface area (Å²) in [4.78, 5) is 3.94. The molecule has 7 heteroatoms. The van der Waals surface area contributed by atoms with Crippen LogP contribution in [0.5, 0.6) is 5.75 Å². The lowest BCUT2D eigenvalue weighted by atomic mass is 10.0. The second kappa shape index (κ2) is 8.44. The number of aromatic nitrogens is 4. The average Bonchev–Trinajstić information content (AvgIpc) is 3.26. The summed E-state index contributed by atoms with van der Waals surface area (Å²) in [7, 11) is 1.70. The van der Waals surface area contributed by atoms with Crippen molar-refractivity contribution in [1.29, 1.82) is 0 Å². The molecule has 0 spiro atoms. The fraction of sp³-hybridized carbons (Fsp3) is 0.435. The first kappa shape index (κ1) is 20.3. The van der Waals surface area contributed by atoms with Crippen LogP contribution in [0.4, 0.5) is 5.69 Å². The first-order chi connectivity index (χ1) is 14.5. The van der Waals surface area contributed by atoms with E-state index in [-0.39, 0.29) is 11.6 Å². The monoisotopic (exact) mass is 407 g/mol. The minimum atomic E-state index is -0.186. The lowest BCUT2D eigenvalue weighted by Crippen LogP contribution is -3.15. The molecule has 1 aliphatic heterocycles. The molecular formula is C23H31N6O+. The van der Waals surface area contributed by atoms with Gasteiger partial charge in [0, 0.05) is 11.3 Å². The Balaban J connectivity index is 1.64. The maximum absolute atomic E-state index is 5.37. The molecule has 0 amide bonds. The molecule has 0 radical (unpaired) electrons. The predicted octanol–water partition coefficient (Wildman–Crippen LogP) is 1.93. The zero-order valence-electron chi connectivity index (χ0n) is 18.2. The number of rotatable bonds is 5. The van der Waals surface area contributed by atoms with Gasteiger partial charge in [-0.15, -0.1) is 5.10 Å². The van der Waals surface area contributed by atoms with Crippen LogP contribution in [0.1, 0.15) is 38.2 Å². The highest BCUT2D eigenvalue weighted by Crippen LogP contribution is 2.24. The predicted molar refractivity (Wildman–Crippen MR) is 117 cm³/mol.